The third-order valence-electron chi connectivity index (χ3n) is 0.867. The molecule has 44 valence electrons. The van der Waals surface area contributed by atoms with Crippen molar-refractivity contribution < 1.29 is 4.42 Å². The summed E-state index contributed by atoms with van der Waals surface area (Å²) in [6, 6.07) is 3.89. The summed E-state index contributed by atoms with van der Waals surface area (Å²) in [5.41, 5.74) is 0. The first-order chi connectivity index (χ1) is 3.93. The van der Waals surface area contributed by atoms with Crippen LogP contribution >= 0.6 is 11.8 Å². The summed E-state index contributed by atoms with van der Waals surface area (Å²) in [5.74, 6) is 2.03. The maximum Gasteiger partial charge on any atom is 0.113 e. The van der Waals surface area contributed by atoms with Gasteiger partial charge in [0.1, 0.15) is 5.76 Å². The molecule has 1 rings (SSSR count). The van der Waals surface area contributed by atoms with Crippen LogP contribution in [0.1, 0.15) is 5.76 Å². The quantitative estimate of drug-likeness (QED) is 0.605. The van der Waals surface area contributed by atoms with Gasteiger partial charge >= 0.3 is 0 Å². The highest BCUT2D eigenvalue weighted by Gasteiger charge is 1.89. The molecular weight excluding hydrogens is 120 g/mol. The van der Waals surface area contributed by atoms with Crippen molar-refractivity contribution in [2.75, 3.05) is 6.26 Å². The Bertz CT molecular complexity index is 134. The van der Waals surface area contributed by atoms with Crippen LogP contribution in [-0.2, 0) is 5.75 Å². The van der Waals surface area contributed by atoms with E-state index in [0.717, 1.165) is 11.5 Å². The van der Waals surface area contributed by atoms with Gasteiger partial charge in [-0.2, -0.15) is 11.8 Å². The Labute approximate surface area is 53.1 Å². The van der Waals surface area contributed by atoms with E-state index in [-0.39, 0.29) is 0 Å². The van der Waals surface area contributed by atoms with Gasteiger partial charge in [0.05, 0.1) is 12.0 Å². The molecule has 8 heavy (non-hydrogen) atoms. The predicted molar refractivity (Wildman–Crippen MR) is 35.9 cm³/mol. The SMILES string of the molecule is CSCc1ccco1. The summed E-state index contributed by atoms with van der Waals surface area (Å²) in [4.78, 5) is 0. The number of rotatable bonds is 2. The lowest BCUT2D eigenvalue weighted by Crippen LogP contribution is -1.68. The van der Waals surface area contributed by atoms with Gasteiger partial charge in [0.25, 0.3) is 0 Å². The zero-order valence-electron chi connectivity index (χ0n) is 4.76. The highest BCUT2D eigenvalue weighted by atomic mass is 32.2. The van der Waals surface area contributed by atoms with E-state index >= 15 is 0 Å². The summed E-state index contributed by atoms with van der Waals surface area (Å²) in [7, 11) is 0. The van der Waals surface area contributed by atoms with Crippen molar-refractivity contribution in [2.45, 2.75) is 5.75 Å². The largest absolute Gasteiger partial charge is 0.468 e. The molecule has 0 fully saturated rings. The molecule has 1 nitrogen and oxygen atoms in total. The molecule has 0 aromatic carbocycles. The Balaban J connectivity index is 2.50. The third-order valence-corrected chi connectivity index (χ3v) is 1.44. The monoisotopic (exact) mass is 128 g/mol. The van der Waals surface area contributed by atoms with Gasteiger partial charge in [-0.15, -0.1) is 0 Å². The third kappa shape index (κ3) is 1.30. The summed E-state index contributed by atoms with van der Waals surface area (Å²) < 4.78 is 5.05. The molecule has 0 bridgehead atoms. The Morgan fingerprint density at radius 1 is 1.75 bits per heavy atom. The summed E-state index contributed by atoms with van der Waals surface area (Å²) in [6.07, 6.45) is 3.76. The standard InChI is InChI=1S/C6H8OS/c1-8-5-6-3-2-4-7-6/h2-4H,5H2,1H3. The first kappa shape index (κ1) is 5.76. The number of hydrogen-bond donors (Lipinski definition) is 0. The second-order valence-corrected chi connectivity index (χ2v) is 2.38. The average Bonchev–Trinajstić information content (AvgIpc) is 2.19. The number of hydrogen-bond acceptors (Lipinski definition) is 2. The predicted octanol–water partition coefficient (Wildman–Crippen LogP) is 2.14. The number of thioether (sulfide) groups is 1. The van der Waals surface area contributed by atoms with Crippen LogP contribution in [-0.4, -0.2) is 6.26 Å². The average molecular weight is 128 g/mol. The molecule has 0 saturated carbocycles. The Kier molecular flexibility index (Phi) is 2.03. The van der Waals surface area contributed by atoms with Crippen LogP contribution < -0.4 is 0 Å². The first-order valence-corrected chi connectivity index (χ1v) is 3.84. The van der Waals surface area contributed by atoms with E-state index in [2.05, 4.69) is 6.26 Å². The smallest absolute Gasteiger partial charge is 0.113 e. The van der Waals surface area contributed by atoms with E-state index in [0.29, 0.717) is 0 Å². The molecule has 0 radical (unpaired) electrons. The van der Waals surface area contributed by atoms with E-state index in [9.17, 15) is 0 Å². The Morgan fingerprint density at radius 3 is 3.12 bits per heavy atom. The molecule has 2 heteroatoms. The normalized spacial score (nSPS) is 9.62. The fourth-order valence-electron chi connectivity index (χ4n) is 0.537. The highest BCUT2D eigenvalue weighted by Crippen LogP contribution is 2.07. The van der Waals surface area contributed by atoms with Crippen LogP contribution in [0, 0.1) is 0 Å². The second kappa shape index (κ2) is 2.82. The summed E-state index contributed by atoms with van der Waals surface area (Å²) in [5, 5.41) is 0. The van der Waals surface area contributed by atoms with E-state index in [1.54, 1.807) is 18.0 Å². The first-order valence-electron chi connectivity index (χ1n) is 2.45. The minimum Gasteiger partial charge on any atom is -0.468 e. The van der Waals surface area contributed by atoms with Crippen LogP contribution in [0.2, 0.25) is 0 Å². The van der Waals surface area contributed by atoms with E-state index in [4.69, 9.17) is 4.42 Å². The number of furan rings is 1. The highest BCUT2D eigenvalue weighted by molar-refractivity contribution is 7.97. The van der Waals surface area contributed by atoms with Crippen LogP contribution in [0.3, 0.4) is 0 Å². The lowest BCUT2D eigenvalue weighted by atomic mass is 10.5. The Hall–Kier alpha value is -0.370. The molecule has 0 N–H and O–H groups in total. The minimum atomic E-state index is 0.979. The molecule has 1 heterocycles. The van der Waals surface area contributed by atoms with Crippen molar-refractivity contribution in [3.63, 3.8) is 0 Å². The van der Waals surface area contributed by atoms with Gasteiger partial charge in [0.15, 0.2) is 0 Å². The van der Waals surface area contributed by atoms with Crippen molar-refractivity contribution in [1.29, 1.82) is 0 Å². The Morgan fingerprint density at radius 2 is 2.62 bits per heavy atom. The molecule has 0 amide bonds. The zero-order valence-corrected chi connectivity index (χ0v) is 5.57. The van der Waals surface area contributed by atoms with E-state index in [1.807, 2.05) is 12.1 Å². The van der Waals surface area contributed by atoms with Gasteiger partial charge < -0.3 is 4.42 Å². The zero-order chi connectivity index (χ0) is 5.82. The molecule has 0 unspecified atom stereocenters. The van der Waals surface area contributed by atoms with Crippen molar-refractivity contribution in [2.24, 2.45) is 0 Å². The molecule has 1 aromatic rings. The summed E-state index contributed by atoms with van der Waals surface area (Å²) in [6.45, 7) is 0. The van der Waals surface area contributed by atoms with Crippen LogP contribution in [0.5, 0.6) is 0 Å². The van der Waals surface area contributed by atoms with Gasteiger partial charge in [-0.25, -0.2) is 0 Å². The fourth-order valence-corrected chi connectivity index (χ4v) is 0.986. The minimum absolute atomic E-state index is 0.979. The molecule has 0 aliphatic rings. The lowest BCUT2D eigenvalue weighted by Gasteiger charge is -1.86. The topological polar surface area (TPSA) is 13.1 Å². The van der Waals surface area contributed by atoms with Crippen molar-refractivity contribution in [3.05, 3.63) is 24.2 Å². The fraction of sp³-hybridized carbons (Fsp3) is 0.333. The molecular formula is C6H8OS. The van der Waals surface area contributed by atoms with Gasteiger partial charge in [-0.05, 0) is 18.4 Å². The molecule has 0 atom stereocenters. The van der Waals surface area contributed by atoms with Crippen LogP contribution in [0.25, 0.3) is 0 Å². The molecule has 0 spiro atoms. The lowest BCUT2D eigenvalue weighted by molar-refractivity contribution is 0.530. The van der Waals surface area contributed by atoms with Crippen molar-refractivity contribution in [3.8, 4) is 0 Å². The van der Waals surface area contributed by atoms with Crippen molar-refractivity contribution >= 4 is 11.8 Å². The van der Waals surface area contributed by atoms with Crippen molar-refractivity contribution in [1.82, 2.24) is 0 Å². The van der Waals surface area contributed by atoms with E-state index in [1.165, 1.54) is 0 Å². The van der Waals surface area contributed by atoms with Crippen LogP contribution in [0.4, 0.5) is 0 Å². The molecule has 0 saturated heterocycles. The maximum absolute atomic E-state index is 5.05. The molecule has 0 aliphatic carbocycles. The molecule has 0 aliphatic heterocycles. The summed E-state index contributed by atoms with van der Waals surface area (Å²) >= 11 is 1.77. The second-order valence-electron chi connectivity index (χ2n) is 1.51. The van der Waals surface area contributed by atoms with Gasteiger partial charge in [-0.1, -0.05) is 0 Å². The van der Waals surface area contributed by atoms with Gasteiger partial charge in [0, 0.05) is 0 Å². The molecule has 1 aromatic heterocycles. The van der Waals surface area contributed by atoms with Gasteiger partial charge in [-0.3, -0.25) is 0 Å². The van der Waals surface area contributed by atoms with E-state index < -0.39 is 0 Å². The van der Waals surface area contributed by atoms with Crippen LogP contribution in [0.15, 0.2) is 22.8 Å². The van der Waals surface area contributed by atoms with Gasteiger partial charge in [0.2, 0.25) is 0 Å². The maximum atomic E-state index is 5.05.